The standard InChI is InChI=1S/C34H38F5N3O7/c1-14(2)28(32(48)41-18(12-22(45)46)21(44)13-49-30-26(38)24(36)23(35)25(37)27(30)39)42-31(47)19-11-20(43)16-9-15(33(3,4)5)10-17(29(16)40-19)34(6,7)8/h9-11,14,18,28H,12-13H2,1-8H3,(H,40,43)(H,41,48)(H,42,47)(H,45,46)/t18-,28?/m1/s1. The van der Waals surface area contributed by atoms with Crippen LogP contribution in [0.15, 0.2) is 23.0 Å². The average molecular weight is 696 g/mol. The van der Waals surface area contributed by atoms with Crippen molar-refractivity contribution in [1.82, 2.24) is 15.6 Å². The molecular formula is C34H38F5N3O7. The van der Waals surface area contributed by atoms with Crippen molar-refractivity contribution in [3.05, 3.63) is 74.3 Å². The molecule has 3 aromatic rings. The number of aromatic amines is 1. The molecule has 0 saturated heterocycles. The molecule has 2 aromatic carbocycles. The third kappa shape index (κ3) is 8.62. The summed E-state index contributed by atoms with van der Waals surface area (Å²) in [6.45, 7) is 13.5. The lowest BCUT2D eigenvalue weighted by Crippen LogP contribution is -2.54. The van der Waals surface area contributed by atoms with Gasteiger partial charge in [0.2, 0.25) is 35.0 Å². The van der Waals surface area contributed by atoms with Crippen LogP contribution in [0.4, 0.5) is 22.0 Å². The number of aliphatic carboxylic acids is 1. The molecule has 0 aliphatic carbocycles. The molecule has 1 heterocycles. The molecule has 0 aliphatic heterocycles. The Hall–Kier alpha value is -4.82. The molecule has 0 saturated carbocycles. The van der Waals surface area contributed by atoms with E-state index in [1.807, 2.05) is 47.6 Å². The Labute approximate surface area is 278 Å². The zero-order chi connectivity index (χ0) is 37.3. The highest BCUT2D eigenvalue weighted by Crippen LogP contribution is 2.34. The van der Waals surface area contributed by atoms with Crippen LogP contribution < -0.4 is 20.8 Å². The van der Waals surface area contributed by atoms with Crippen molar-refractivity contribution in [3.63, 3.8) is 0 Å². The number of halogens is 5. The summed E-state index contributed by atoms with van der Waals surface area (Å²) in [4.78, 5) is 67.4. The Kier molecular flexibility index (Phi) is 11.3. The van der Waals surface area contributed by atoms with Gasteiger partial charge in [-0.05, 0) is 33.9 Å². The summed E-state index contributed by atoms with van der Waals surface area (Å²) in [6.07, 6.45) is -1.06. The van der Waals surface area contributed by atoms with Crippen LogP contribution in [-0.4, -0.2) is 52.3 Å². The maximum atomic E-state index is 14.0. The summed E-state index contributed by atoms with van der Waals surface area (Å²) >= 11 is 0. The highest BCUT2D eigenvalue weighted by atomic mass is 19.2. The first kappa shape index (κ1) is 38.6. The number of ketones is 1. The number of pyridine rings is 1. The SMILES string of the molecule is CC(C)C(NC(=O)c1cc(=O)c2cc(C(C)(C)C)cc(C(C)(C)C)c2[nH]1)C(=O)N[C@H](CC(=O)O)C(=O)COc1c(F)c(F)c(F)c(F)c1F. The fourth-order valence-electron chi connectivity index (χ4n) is 4.89. The monoisotopic (exact) mass is 695 g/mol. The second kappa shape index (κ2) is 14.3. The topological polar surface area (TPSA) is 155 Å². The van der Waals surface area contributed by atoms with Crippen LogP contribution in [0.25, 0.3) is 10.9 Å². The van der Waals surface area contributed by atoms with Gasteiger partial charge in [-0.1, -0.05) is 61.5 Å². The van der Waals surface area contributed by atoms with Crippen LogP contribution in [0.3, 0.4) is 0 Å². The van der Waals surface area contributed by atoms with Crippen molar-refractivity contribution >= 4 is 34.5 Å². The highest BCUT2D eigenvalue weighted by molar-refractivity contribution is 6.00. The maximum absolute atomic E-state index is 14.0. The molecule has 10 nitrogen and oxygen atoms in total. The molecule has 3 rings (SSSR count). The first-order valence-corrected chi connectivity index (χ1v) is 15.2. The van der Waals surface area contributed by atoms with Crippen molar-refractivity contribution in [2.24, 2.45) is 5.92 Å². The molecule has 2 amide bonds. The number of carbonyl (C=O) groups excluding carboxylic acids is 3. The van der Waals surface area contributed by atoms with E-state index >= 15 is 0 Å². The van der Waals surface area contributed by atoms with Gasteiger partial charge in [-0.3, -0.25) is 24.0 Å². The summed E-state index contributed by atoms with van der Waals surface area (Å²) in [5, 5.41) is 14.3. The van der Waals surface area contributed by atoms with Crippen LogP contribution in [0.1, 0.15) is 83.4 Å². The summed E-state index contributed by atoms with van der Waals surface area (Å²) in [5.74, 6) is -19.1. The largest absolute Gasteiger partial charge is 0.481 e. The Balaban J connectivity index is 1.90. The smallest absolute Gasteiger partial charge is 0.305 e. The number of fused-ring (bicyclic) bond motifs is 1. The first-order valence-electron chi connectivity index (χ1n) is 15.2. The van der Waals surface area contributed by atoms with Crippen LogP contribution in [-0.2, 0) is 25.2 Å². The van der Waals surface area contributed by atoms with Gasteiger partial charge < -0.3 is 25.5 Å². The molecule has 4 N–H and O–H groups in total. The number of amides is 2. The molecule has 2 atom stereocenters. The number of aromatic nitrogens is 1. The van der Waals surface area contributed by atoms with Crippen molar-refractivity contribution in [2.45, 2.75) is 84.7 Å². The van der Waals surface area contributed by atoms with Gasteiger partial charge in [-0.25, -0.2) is 13.2 Å². The van der Waals surface area contributed by atoms with Crippen LogP contribution in [0.5, 0.6) is 5.75 Å². The van der Waals surface area contributed by atoms with E-state index in [9.17, 15) is 51.0 Å². The van der Waals surface area contributed by atoms with E-state index in [0.29, 0.717) is 10.9 Å². The van der Waals surface area contributed by atoms with Crippen LogP contribution >= 0.6 is 0 Å². The fourth-order valence-corrected chi connectivity index (χ4v) is 4.89. The number of hydrogen-bond donors (Lipinski definition) is 4. The predicted molar refractivity (Wildman–Crippen MR) is 169 cm³/mol. The molecule has 0 fully saturated rings. The normalized spacial score (nSPS) is 13.3. The van der Waals surface area contributed by atoms with E-state index < -0.39 is 100 Å². The Bertz CT molecular complexity index is 1850. The van der Waals surface area contributed by atoms with Gasteiger partial charge in [0.1, 0.15) is 24.4 Å². The van der Waals surface area contributed by atoms with Crippen molar-refractivity contribution in [2.75, 3.05) is 6.61 Å². The minimum Gasteiger partial charge on any atom is -0.481 e. The zero-order valence-electron chi connectivity index (χ0n) is 28.2. The van der Waals surface area contributed by atoms with E-state index in [4.69, 9.17) is 0 Å². The van der Waals surface area contributed by atoms with Crippen LogP contribution in [0.2, 0.25) is 0 Å². The Morgan fingerprint density at radius 1 is 0.837 bits per heavy atom. The molecular weight excluding hydrogens is 657 g/mol. The van der Waals surface area contributed by atoms with Crippen molar-refractivity contribution in [1.29, 1.82) is 0 Å². The zero-order valence-corrected chi connectivity index (χ0v) is 28.2. The van der Waals surface area contributed by atoms with Gasteiger partial charge >= 0.3 is 5.97 Å². The van der Waals surface area contributed by atoms with E-state index in [2.05, 4.69) is 20.4 Å². The lowest BCUT2D eigenvalue weighted by molar-refractivity contribution is -0.140. The molecule has 1 unspecified atom stereocenters. The van der Waals surface area contributed by atoms with E-state index in [0.717, 1.165) is 17.2 Å². The fraction of sp³-hybridized carbons (Fsp3) is 0.441. The molecule has 15 heteroatoms. The number of carboxylic acids is 1. The second-order valence-electron chi connectivity index (χ2n) is 14.0. The van der Waals surface area contributed by atoms with E-state index in [1.54, 1.807) is 6.07 Å². The number of benzene rings is 2. The number of nitrogens with one attached hydrogen (secondary N) is 3. The molecule has 0 radical (unpaired) electrons. The molecule has 1 aromatic heterocycles. The second-order valence-corrected chi connectivity index (χ2v) is 14.0. The maximum Gasteiger partial charge on any atom is 0.305 e. The highest BCUT2D eigenvalue weighted by Gasteiger charge is 2.33. The van der Waals surface area contributed by atoms with Gasteiger partial charge in [0, 0.05) is 11.5 Å². The van der Waals surface area contributed by atoms with Gasteiger partial charge in [0.15, 0.2) is 17.0 Å². The summed E-state index contributed by atoms with van der Waals surface area (Å²) in [7, 11) is 0. The third-order valence-electron chi connectivity index (χ3n) is 7.71. The first-order chi connectivity index (χ1) is 22.4. The molecule has 266 valence electrons. The number of carboxylic acid groups (broad SMARTS) is 1. The lowest BCUT2D eigenvalue weighted by Gasteiger charge is -2.27. The number of Topliss-reactive ketones (excluding diaryl/α,β-unsaturated/α-hetero) is 1. The number of H-pyrrole nitrogens is 1. The van der Waals surface area contributed by atoms with Crippen LogP contribution in [0, 0.1) is 35.0 Å². The van der Waals surface area contributed by atoms with Gasteiger partial charge in [-0.15, -0.1) is 0 Å². The minimum atomic E-state index is -2.46. The minimum absolute atomic E-state index is 0.181. The summed E-state index contributed by atoms with van der Waals surface area (Å²) < 4.78 is 73.0. The summed E-state index contributed by atoms with van der Waals surface area (Å²) in [5.41, 5.74) is 0.717. The quantitative estimate of drug-likeness (QED) is 0.122. The molecule has 49 heavy (non-hydrogen) atoms. The van der Waals surface area contributed by atoms with Gasteiger partial charge in [-0.2, -0.15) is 8.78 Å². The summed E-state index contributed by atoms with van der Waals surface area (Å²) in [6, 6.07) is 1.48. The lowest BCUT2D eigenvalue weighted by atomic mass is 9.79. The van der Waals surface area contributed by atoms with E-state index in [1.165, 1.54) is 13.8 Å². The average Bonchev–Trinajstić information content (AvgIpc) is 2.99. The van der Waals surface area contributed by atoms with Crippen molar-refractivity contribution in [3.8, 4) is 5.75 Å². The molecule has 0 spiro atoms. The molecule has 0 bridgehead atoms. The predicted octanol–water partition coefficient (Wildman–Crippen LogP) is 5.18. The van der Waals surface area contributed by atoms with Crippen molar-refractivity contribution < 1.29 is 51.0 Å². The van der Waals surface area contributed by atoms with E-state index in [-0.39, 0.29) is 11.1 Å². The number of carbonyl (C=O) groups is 4. The molecule has 0 aliphatic rings. The van der Waals surface area contributed by atoms with Gasteiger partial charge in [0.05, 0.1) is 11.9 Å². The Morgan fingerprint density at radius 2 is 1.39 bits per heavy atom. The Morgan fingerprint density at radius 3 is 1.88 bits per heavy atom. The van der Waals surface area contributed by atoms with Gasteiger partial charge in [0.25, 0.3) is 5.91 Å². The number of hydrogen-bond acceptors (Lipinski definition) is 6. The third-order valence-corrected chi connectivity index (χ3v) is 7.71. The number of ether oxygens (including phenoxy) is 1. The number of rotatable bonds is 11.